The van der Waals surface area contributed by atoms with Gasteiger partial charge >= 0.3 is 6.09 Å². The van der Waals surface area contributed by atoms with Crippen molar-refractivity contribution in [2.75, 3.05) is 17.7 Å². The van der Waals surface area contributed by atoms with E-state index in [0.717, 1.165) is 26.4 Å². The molecule has 2 N–H and O–H groups in total. The van der Waals surface area contributed by atoms with Gasteiger partial charge in [-0.25, -0.2) is 19.7 Å². The molecule has 0 spiro atoms. The second kappa shape index (κ2) is 14.2. The number of benzene rings is 3. The van der Waals surface area contributed by atoms with E-state index in [2.05, 4.69) is 34.4 Å². The monoisotopic (exact) mass is 648 g/mol. The molecule has 0 aliphatic rings. The fraction of sp³-hybridized carbons (Fsp3) is 0.270. The number of ether oxygens (including phenoxy) is 1. The van der Waals surface area contributed by atoms with Crippen molar-refractivity contribution < 1.29 is 14.3 Å². The maximum absolute atomic E-state index is 13.8. The number of anilines is 3. The minimum atomic E-state index is -0.637. The zero-order chi connectivity index (χ0) is 33.7. The normalized spacial score (nSPS) is 12.1. The highest BCUT2D eigenvalue weighted by Gasteiger charge is 2.22. The zero-order valence-electron chi connectivity index (χ0n) is 27.7. The number of carbonyl (C=O) groups is 2. The lowest BCUT2D eigenvalue weighted by Crippen LogP contribution is -2.29. The molecule has 0 bridgehead atoms. The van der Waals surface area contributed by atoms with Crippen LogP contribution >= 0.6 is 11.8 Å². The maximum atomic E-state index is 13.8. The highest BCUT2D eigenvalue weighted by atomic mass is 32.2. The molecule has 2 aromatic heterocycles. The highest BCUT2D eigenvalue weighted by molar-refractivity contribution is 7.99. The zero-order valence-corrected chi connectivity index (χ0v) is 28.6. The number of aromatic nitrogens is 3. The van der Waals surface area contributed by atoms with E-state index in [-0.39, 0.29) is 17.9 Å². The summed E-state index contributed by atoms with van der Waals surface area (Å²) >= 11 is 1.45. The number of rotatable bonds is 9. The van der Waals surface area contributed by atoms with Gasteiger partial charge in [-0.3, -0.25) is 10.1 Å². The molecular formula is C37H40N6O3S. The summed E-state index contributed by atoms with van der Waals surface area (Å²) in [5.41, 5.74) is 3.72. The fourth-order valence-electron chi connectivity index (χ4n) is 4.88. The Kier molecular flexibility index (Phi) is 10.1. The number of para-hydroxylation sites is 1. The van der Waals surface area contributed by atoms with Gasteiger partial charge in [0, 0.05) is 28.1 Å². The van der Waals surface area contributed by atoms with Crippen molar-refractivity contribution >= 4 is 52.0 Å². The molecule has 2 heterocycles. The Hall–Kier alpha value is -4.96. The molecule has 5 rings (SSSR count). The second-order valence-corrected chi connectivity index (χ2v) is 13.6. The fourth-order valence-corrected chi connectivity index (χ4v) is 5.85. The summed E-state index contributed by atoms with van der Waals surface area (Å²) in [6.45, 7) is 11.7. The van der Waals surface area contributed by atoms with Gasteiger partial charge in [0.15, 0.2) is 5.65 Å². The van der Waals surface area contributed by atoms with Gasteiger partial charge in [-0.2, -0.15) is 0 Å². The van der Waals surface area contributed by atoms with E-state index >= 15 is 0 Å². The van der Waals surface area contributed by atoms with Crippen LogP contribution in [0.25, 0.3) is 11.0 Å². The second-order valence-electron chi connectivity index (χ2n) is 12.5. The third-order valence-corrected chi connectivity index (χ3v) is 8.67. The van der Waals surface area contributed by atoms with Crippen molar-refractivity contribution in [3.8, 4) is 0 Å². The summed E-state index contributed by atoms with van der Waals surface area (Å²) in [5.74, 6) is 0.695. The molecule has 0 saturated carbocycles. The van der Waals surface area contributed by atoms with Crippen LogP contribution in [0.4, 0.5) is 22.0 Å². The van der Waals surface area contributed by atoms with Gasteiger partial charge in [0.2, 0.25) is 0 Å². The minimum absolute atomic E-state index is 0.122. The number of carbonyl (C=O) groups excluding carboxylic acids is 2. The maximum Gasteiger partial charge on any atom is 0.412 e. The van der Waals surface area contributed by atoms with Crippen LogP contribution in [0.2, 0.25) is 0 Å². The molecule has 0 fully saturated rings. The van der Waals surface area contributed by atoms with Crippen molar-refractivity contribution in [1.82, 2.24) is 19.9 Å². The Balaban J connectivity index is 1.52. The first-order valence-electron chi connectivity index (χ1n) is 15.5. The van der Waals surface area contributed by atoms with Crippen molar-refractivity contribution in [3.05, 3.63) is 108 Å². The predicted octanol–water partition coefficient (Wildman–Crippen LogP) is 9.22. The lowest BCUT2D eigenvalue weighted by Gasteiger charge is -2.26. The molecule has 1 atom stereocenters. The molecule has 10 heteroatoms. The lowest BCUT2D eigenvalue weighted by molar-refractivity contribution is 0.0634. The minimum Gasteiger partial charge on any atom is -0.444 e. The molecule has 3 aromatic carbocycles. The van der Waals surface area contributed by atoms with Crippen molar-refractivity contribution in [1.29, 1.82) is 0 Å². The third kappa shape index (κ3) is 8.26. The van der Waals surface area contributed by atoms with Crippen LogP contribution in [0, 0.1) is 0 Å². The lowest BCUT2D eigenvalue weighted by atomic mass is 10.1. The van der Waals surface area contributed by atoms with E-state index in [1.165, 1.54) is 18.1 Å². The van der Waals surface area contributed by atoms with Crippen molar-refractivity contribution in [2.45, 2.75) is 68.9 Å². The summed E-state index contributed by atoms with van der Waals surface area (Å²) < 4.78 is 5.50. The molecule has 5 aromatic rings. The molecule has 0 aliphatic heterocycles. The van der Waals surface area contributed by atoms with Crippen LogP contribution in [-0.4, -0.2) is 44.5 Å². The first-order valence-corrected chi connectivity index (χ1v) is 16.3. The highest BCUT2D eigenvalue weighted by Crippen LogP contribution is 2.40. The summed E-state index contributed by atoms with van der Waals surface area (Å²) in [5, 5.41) is 7.11. The van der Waals surface area contributed by atoms with Gasteiger partial charge in [-0.05, 0) is 81.6 Å². The molecule has 242 valence electrons. The first-order chi connectivity index (χ1) is 22.4. The van der Waals surface area contributed by atoms with Gasteiger partial charge in [0.1, 0.15) is 17.7 Å². The number of hydrogen-bond donors (Lipinski definition) is 2. The summed E-state index contributed by atoms with van der Waals surface area (Å²) in [6, 6.07) is 26.8. The molecule has 2 amide bonds. The van der Waals surface area contributed by atoms with Crippen LogP contribution in [0.3, 0.4) is 0 Å². The Morgan fingerprint density at radius 3 is 2.28 bits per heavy atom. The Labute approximate surface area is 280 Å². The molecular weight excluding hydrogens is 609 g/mol. The van der Waals surface area contributed by atoms with Gasteiger partial charge in [0.05, 0.1) is 22.8 Å². The first kappa shape index (κ1) is 33.4. The molecule has 0 radical (unpaired) electrons. The summed E-state index contributed by atoms with van der Waals surface area (Å²) in [7, 11) is 1.81. The quantitative estimate of drug-likeness (QED) is 0.163. The van der Waals surface area contributed by atoms with Crippen LogP contribution in [0.15, 0.2) is 101 Å². The summed E-state index contributed by atoms with van der Waals surface area (Å²) in [6.07, 6.45) is 0.944. The SMILES string of the molecule is CC(C)c1ccc2c(Nc3cc(C(=O)N(C)C(C)c4ccccc4)ccc3Sc3ccccc3NC(=O)OC(C)(C)C)ncnc2n1. The van der Waals surface area contributed by atoms with E-state index in [4.69, 9.17) is 9.72 Å². The van der Waals surface area contributed by atoms with Crippen LogP contribution in [0.1, 0.15) is 75.1 Å². The van der Waals surface area contributed by atoms with Gasteiger partial charge < -0.3 is 15.0 Å². The standard InChI is InChI=1S/C37H40N6O3S/c1-23(2)28-19-18-27-33(40-28)38-22-39-34(27)41-30-21-26(35(44)43(7)24(3)25-13-9-8-10-14-25)17-20-32(30)47-31-16-12-11-15-29(31)42-36(45)46-37(4,5)6/h8-24H,1-7H3,(H,42,45)(H,38,39,40,41). The van der Waals surface area contributed by atoms with E-state index in [0.29, 0.717) is 28.4 Å². The van der Waals surface area contributed by atoms with Gasteiger partial charge in [-0.1, -0.05) is 68.1 Å². The van der Waals surface area contributed by atoms with Crippen LogP contribution in [-0.2, 0) is 4.74 Å². The molecule has 0 aliphatic carbocycles. The average Bonchev–Trinajstić information content (AvgIpc) is 3.04. The van der Waals surface area contributed by atoms with Crippen molar-refractivity contribution in [2.24, 2.45) is 0 Å². The number of fused-ring (bicyclic) bond motifs is 1. The van der Waals surface area contributed by atoms with E-state index in [1.54, 1.807) is 4.90 Å². The topological polar surface area (TPSA) is 109 Å². The van der Waals surface area contributed by atoms with E-state index in [1.807, 2.05) is 120 Å². The van der Waals surface area contributed by atoms with Gasteiger partial charge in [0.25, 0.3) is 5.91 Å². The molecule has 47 heavy (non-hydrogen) atoms. The Bertz CT molecular complexity index is 1890. The Morgan fingerprint density at radius 2 is 1.55 bits per heavy atom. The summed E-state index contributed by atoms with van der Waals surface area (Å²) in [4.78, 5) is 43.5. The molecule has 0 saturated heterocycles. The predicted molar refractivity (Wildman–Crippen MR) is 189 cm³/mol. The van der Waals surface area contributed by atoms with Crippen LogP contribution in [0.5, 0.6) is 0 Å². The average molecular weight is 649 g/mol. The number of nitrogens with zero attached hydrogens (tertiary/aromatic N) is 4. The number of nitrogens with one attached hydrogen (secondary N) is 2. The Morgan fingerprint density at radius 1 is 0.851 bits per heavy atom. The van der Waals surface area contributed by atoms with Crippen LogP contribution < -0.4 is 10.6 Å². The third-order valence-electron chi connectivity index (χ3n) is 7.52. The van der Waals surface area contributed by atoms with E-state index < -0.39 is 11.7 Å². The number of amides is 2. The molecule has 1 unspecified atom stereocenters. The number of hydrogen-bond acceptors (Lipinski definition) is 8. The largest absolute Gasteiger partial charge is 0.444 e. The van der Waals surface area contributed by atoms with Gasteiger partial charge in [-0.15, -0.1) is 0 Å². The van der Waals surface area contributed by atoms with E-state index in [9.17, 15) is 9.59 Å². The number of pyridine rings is 1. The smallest absolute Gasteiger partial charge is 0.412 e. The van der Waals surface area contributed by atoms with Crippen molar-refractivity contribution in [3.63, 3.8) is 0 Å². The molecule has 9 nitrogen and oxygen atoms in total.